The van der Waals surface area contributed by atoms with Crippen molar-refractivity contribution in [1.82, 2.24) is 0 Å². The minimum absolute atomic E-state index is 0.386. The molecule has 1 unspecified atom stereocenters. The minimum atomic E-state index is -0.386. The zero-order chi connectivity index (χ0) is 13.3. The van der Waals surface area contributed by atoms with Crippen LogP contribution in [0.1, 0.15) is 16.5 Å². The maximum absolute atomic E-state index is 6.45. The van der Waals surface area contributed by atoms with Crippen LogP contribution >= 0.6 is 62.3 Å². The van der Waals surface area contributed by atoms with E-state index in [-0.39, 0.29) is 5.38 Å². The van der Waals surface area contributed by atoms with Crippen LogP contribution in [0.3, 0.4) is 0 Å². The number of hydrogen-bond donors (Lipinski definition) is 0. The SMILES string of the molecule is Clc1ccc(C(Cl)c2cc(Cl)ccc2Cl)c(Br)c1. The summed E-state index contributed by atoms with van der Waals surface area (Å²) in [5.74, 6) is 0. The van der Waals surface area contributed by atoms with Crippen LogP contribution in [-0.4, -0.2) is 0 Å². The molecule has 94 valence electrons. The third-order valence-electron chi connectivity index (χ3n) is 2.47. The predicted molar refractivity (Wildman–Crippen MR) is 83.3 cm³/mol. The van der Waals surface area contributed by atoms with Crippen molar-refractivity contribution in [3.8, 4) is 0 Å². The number of benzene rings is 2. The lowest BCUT2D eigenvalue weighted by molar-refractivity contribution is 1.13. The first kappa shape index (κ1) is 14.5. The van der Waals surface area contributed by atoms with Crippen molar-refractivity contribution >= 4 is 62.3 Å². The molecule has 0 heterocycles. The van der Waals surface area contributed by atoms with Crippen LogP contribution in [0.25, 0.3) is 0 Å². The second-order valence-electron chi connectivity index (χ2n) is 3.69. The van der Waals surface area contributed by atoms with Crippen LogP contribution < -0.4 is 0 Å². The lowest BCUT2D eigenvalue weighted by Crippen LogP contribution is -1.95. The Morgan fingerprint density at radius 1 is 0.833 bits per heavy atom. The fraction of sp³-hybridized carbons (Fsp3) is 0.0769. The van der Waals surface area contributed by atoms with Crippen molar-refractivity contribution in [2.24, 2.45) is 0 Å². The van der Waals surface area contributed by atoms with Gasteiger partial charge in [-0.1, -0.05) is 56.8 Å². The highest BCUT2D eigenvalue weighted by Crippen LogP contribution is 2.38. The zero-order valence-electron chi connectivity index (χ0n) is 8.93. The monoisotopic (exact) mass is 382 g/mol. The second kappa shape index (κ2) is 6.02. The van der Waals surface area contributed by atoms with E-state index in [9.17, 15) is 0 Å². The Hall–Kier alpha value is 0.0800. The molecule has 0 radical (unpaired) electrons. The fourth-order valence-electron chi connectivity index (χ4n) is 1.58. The van der Waals surface area contributed by atoms with Gasteiger partial charge in [-0.15, -0.1) is 11.6 Å². The van der Waals surface area contributed by atoms with Crippen LogP contribution in [0.5, 0.6) is 0 Å². The summed E-state index contributed by atoms with van der Waals surface area (Å²) in [7, 11) is 0. The number of halogens is 5. The molecule has 1 atom stereocenters. The summed E-state index contributed by atoms with van der Waals surface area (Å²) in [6.45, 7) is 0. The Kier molecular flexibility index (Phi) is 4.85. The van der Waals surface area contributed by atoms with Gasteiger partial charge in [-0.3, -0.25) is 0 Å². The molecule has 0 aliphatic carbocycles. The van der Waals surface area contributed by atoms with Gasteiger partial charge in [0.05, 0.1) is 5.38 Å². The molecule has 0 nitrogen and oxygen atoms in total. The van der Waals surface area contributed by atoms with Crippen molar-refractivity contribution < 1.29 is 0 Å². The molecule has 0 aromatic heterocycles. The van der Waals surface area contributed by atoms with E-state index in [1.807, 2.05) is 6.07 Å². The summed E-state index contributed by atoms with van der Waals surface area (Å²) in [4.78, 5) is 0. The first-order valence-electron chi connectivity index (χ1n) is 5.03. The maximum Gasteiger partial charge on any atom is 0.0861 e. The van der Waals surface area contributed by atoms with Crippen molar-refractivity contribution in [3.05, 3.63) is 67.1 Å². The van der Waals surface area contributed by atoms with E-state index in [1.54, 1.807) is 30.3 Å². The van der Waals surface area contributed by atoms with E-state index in [4.69, 9.17) is 46.4 Å². The molecule has 0 saturated heterocycles. The third kappa shape index (κ3) is 3.15. The summed E-state index contributed by atoms with van der Waals surface area (Å²) in [6.07, 6.45) is 0. The van der Waals surface area contributed by atoms with Gasteiger partial charge in [-0.05, 0) is 41.5 Å². The Balaban J connectivity index is 2.47. The highest BCUT2D eigenvalue weighted by molar-refractivity contribution is 9.10. The summed E-state index contributed by atoms with van der Waals surface area (Å²) >= 11 is 27.9. The summed E-state index contributed by atoms with van der Waals surface area (Å²) in [6, 6.07) is 10.7. The molecular formula is C13H7BrCl4. The van der Waals surface area contributed by atoms with Gasteiger partial charge in [0, 0.05) is 19.5 Å². The third-order valence-corrected chi connectivity index (χ3v) is 4.44. The molecular weight excluding hydrogens is 378 g/mol. The lowest BCUT2D eigenvalue weighted by atomic mass is 10.0. The molecule has 0 N–H and O–H groups in total. The molecule has 2 aromatic carbocycles. The summed E-state index contributed by atoms with van der Waals surface area (Å²) in [5, 5.41) is 1.45. The molecule has 0 fully saturated rings. The summed E-state index contributed by atoms with van der Waals surface area (Å²) < 4.78 is 0.839. The topological polar surface area (TPSA) is 0 Å². The molecule has 0 amide bonds. The Morgan fingerprint density at radius 3 is 2.11 bits per heavy atom. The van der Waals surface area contributed by atoms with Gasteiger partial charge >= 0.3 is 0 Å². The molecule has 18 heavy (non-hydrogen) atoms. The van der Waals surface area contributed by atoms with Crippen molar-refractivity contribution in [1.29, 1.82) is 0 Å². The largest absolute Gasteiger partial charge is 0.112 e. The molecule has 2 rings (SSSR count). The van der Waals surface area contributed by atoms with Gasteiger partial charge in [0.1, 0.15) is 0 Å². The number of hydrogen-bond acceptors (Lipinski definition) is 0. The van der Waals surface area contributed by atoms with Gasteiger partial charge in [0.2, 0.25) is 0 Å². The van der Waals surface area contributed by atoms with E-state index < -0.39 is 0 Å². The maximum atomic E-state index is 6.45. The van der Waals surface area contributed by atoms with E-state index >= 15 is 0 Å². The van der Waals surface area contributed by atoms with Crippen LogP contribution in [-0.2, 0) is 0 Å². The Morgan fingerprint density at radius 2 is 1.44 bits per heavy atom. The van der Waals surface area contributed by atoms with Crippen molar-refractivity contribution in [3.63, 3.8) is 0 Å². The molecule has 0 bridgehead atoms. The zero-order valence-corrected chi connectivity index (χ0v) is 13.5. The minimum Gasteiger partial charge on any atom is -0.112 e. The number of rotatable bonds is 2. The van der Waals surface area contributed by atoms with Crippen LogP contribution in [0.15, 0.2) is 40.9 Å². The molecule has 0 aliphatic heterocycles. The average molecular weight is 385 g/mol. The van der Waals surface area contributed by atoms with Gasteiger partial charge in [-0.25, -0.2) is 0 Å². The molecule has 5 heteroatoms. The van der Waals surface area contributed by atoms with Gasteiger partial charge in [-0.2, -0.15) is 0 Å². The summed E-state index contributed by atoms with van der Waals surface area (Å²) in [5.41, 5.74) is 1.67. The van der Waals surface area contributed by atoms with Gasteiger partial charge < -0.3 is 0 Å². The second-order valence-corrected chi connectivity index (χ2v) is 6.27. The van der Waals surface area contributed by atoms with Gasteiger partial charge in [0.15, 0.2) is 0 Å². The van der Waals surface area contributed by atoms with Crippen molar-refractivity contribution in [2.45, 2.75) is 5.38 Å². The van der Waals surface area contributed by atoms with E-state index in [1.165, 1.54) is 0 Å². The lowest BCUT2D eigenvalue weighted by Gasteiger charge is -2.14. The molecule has 0 aliphatic rings. The van der Waals surface area contributed by atoms with E-state index in [0.717, 1.165) is 15.6 Å². The molecule has 0 saturated carbocycles. The van der Waals surface area contributed by atoms with Crippen molar-refractivity contribution in [2.75, 3.05) is 0 Å². The van der Waals surface area contributed by atoms with E-state index in [0.29, 0.717) is 15.1 Å². The van der Waals surface area contributed by atoms with Crippen LogP contribution in [0, 0.1) is 0 Å². The first-order valence-corrected chi connectivity index (χ1v) is 7.39. The van der Waals surface area contributed by atoms with E-state index in [2.05, 4.69) is 15.9 Å². The standard InChI is InChI=1S/C13H7BrCl4/c14-11-6-8(16)1-3-9(11)13(18)10-5-7(15)2-4-12(10)17/h1-6,13H. The first-order chi connectivity index (χ1) is 8.49. The van der Waals surface area contributed by atoms with Crippen LogP contribution in [0.4, 0.5) is 0 Å². The number of alkyl halides is 1. The normalized spacial score (nSPS) is 12.5. The Bertz CT molecular complexity index is 583. The fourth-order valence-corrected chi connectivity index (χ4v) is 3.46. The average Bonchev–Trinajstić information content (AvgIpc) is 2.31. The highest BCUT2D eigenvalue weighted by atomic mass is 79.9. The van der Waals surface area contributed by atoms with Gasteiger partial charge in [0.25, 0.3) is 0 Å². The highest BCUT2D eigenvalue weighted by Gasteiger charge is 2.17. The predicted octanol–water partition coefficient (Wildman–Crippen LogP) is 6.74. The molecule has 0 spiro atoms. The quantitative estimate of drug-likeness (QED) is 0.503. The van der Waals surface area contributed by atoms with Crippen LogP contribution in [0.2, 0.25) is 15.1 Å². The Labute approximate surface area is 134 Å². The molecule has 2 aromatic rings. The smallest absolute Gasteiger partial charge is 0.0861 e.